The standard InChI is InChI=1S/C30H42N2O6/c1-3-34-15-16-35-21-25-6-4-5-24-18-30(38-22-26(24)25)9-10-31-19-29(30)37-20-23-7-8-27-28(17-23)36-14-12-32(27)11-13-33-2/h4-8,17,29,31H,3,9-16,18-22H2,1-2H3/t29-,30-/m0/s1. The summed E-state index contributed by atoms with van der Waals surface area (Å²) >= 11 is 0. The van der Waals surface area contributed by atoms with Crippen LogP contribution in [0.2, 0.25) is 0 Å². The first kappa shape index (κ1) is 27.4. The van der Waals surface area contributed by atoms with Gasteiger partial charge in [-0.3, -0.25) is 0 Å². The molecule has 0 aromatic heterocycles. The molecular formula is C30H42N2O6. The molecule has 2 aromatic carbocycles. The van der Waals surface area contributed by atoms with Crippen molar-refractivity contribution in [2.45, 2.75) is 51.3 Å². The maximum Gasteiger partial charge on any atom is 0.143 e. The van der Waals surface area contributed by atoms with E-state index in [0.717, 1.165) is 56.0 Å². The first-order valence-electron chi connectivity index (χ1n) is 13.9. The van der Waals surface area contributed by atoms with Crippen LogP contribution < -0.4 is 15.0 Å². The maximum atomic E-state index is 6.67. The van der Waals surface area contributed by atoms with Crippen LogP contribution in [0.25, 0.3) is 0 Å². The van der Waals surface area contributed by atoms with Gasteiger partial charge in [0.2, 0.25) is 0 Å². The molecule has 38 heavy (non-hydrogen) atoms. The minimum Gasteiger partial charge on any atom is -0.490 e. The van der Waals surface area contributed by atoms with Gasteiger partial charge in [0.15, 0.2) is 0 Å². The van der Waals surface area contributed by atoms with Crippen molar-refractivity contribution in [1.82, 2.24) is 5.32 Å². The summed E-state index contributed by atoms with van der Waals surface area (Å²) in [4.78, 5) is 2.32. The number of hydrogen-bond acceptors (Lipinski definition) is 8. The van der Waals surface area contributed by atoms with Crippen LogP contribution in [0.1, 0.15) is 35.6 Å². The number of piperidine rings is 1. The van der Waals surface area contributed by atoms with E-state index in [9.17, 15) is 0 Å². The summed E-state index contributed by atoms with van der Waals surface area (Å²) in [7, 11) is 1.74. The Labute approximate surface area is 226 Å². The second kappa shape index (κ2) is 13.2. The quantitative estimate of drug-likeness (QED) is 0.422. The lowest BCUT2D eigenvalue weighted by atomic mass is 9.79. The highest BCUT2D eigenvalue weighted by atomic mass is 16.6. The number of hydrogen-bond donors (Lipinski definition) is 1. The van der Waals surface area contributed by atoms with Crippen molar-refractivity contribution >= 4 is 5.69 Å². The van der Waals surface area contributed by atoms with Gasteiger partial charge in [0, 0.05) is 33.2 Å². The molecule has 1 N–H and O–H groups in total. The van der Waals surface area contributed by atoms with E-state index in [4.69, 9.17) is 28.4 Å². The molecule has 3 aliphatic rings. The Morgan fingerprint density at radius 3 is 2.92 bits per heavy atom. The summed E-state index contributed by atoms with van der Waals surface area (Å²) in [6.07, 6.45) is 1.74. The Kier molecular flexibility index (Phi) is 9.54. The van der Waals surface area contributed by atoms with Crippen molar-refractivity contribution < 1.29 is 28.4 Å². The van der Waals surface area contributed by atoms with Crippen molar-refractivity contribution in [1.29, 1.82) is 0 Å². The lowest BCUT2D eigenvalue weighted by Gasteiger charge is -2.47. The zero-order chi connectivity index (χ0) is 26.2. The van der Waals surface area contributed by atoms with Crippen LogP contribution in [0.5, 0.6) is 5.75 Å². The molecule has 0 radical (unpaired) electrons. The van der Waals surface area contributed by atoms with Gasteiger partial charge < -0.3 is 38.6 Å². The molecule has 1 spiro atoms. The smallest absolute Gasteiger partial charge is 0.143 e. The predicted octanol–water partition coefficient (Wildman–Crippen LogP) is 3.48. The van der Waals surface area contributed by atoms with Gasteiger partial charge in [-0.15, -0.1) is 0 Å². The monoisotopic (exact) mass is 526 g/mol. The van der Waals surface area contributed by atoms with Crippen molar-refractivity contribution in [2.24, 2.45) is 0 Å². The summed E-state index contributed by atoms with van der Waals surface area (Å²) in [5.74, 6) is 0.920. The van der Waals surface area contributed by atoms with Crippen LogP contribution in [0, 0.1) is 0 Å². The third-order valence-corrected chi connectivity index (χ3v) is 7.84. The Morgan fingerprint density at radius 1 is 1.11 bits per heavy atom. The molecule has 8 nitrogen and oxygen atoms in total. The maximum absolute atomic E-state index is 6.67. The first-order valence-corrected chi connectivity index (χ1v) is 13.9. The third-order valence-electron chi connectivity index (χ3n) is 7.84. The molecule has 0 amide bonds. The van der Waals surface area contributed by atoms with Gasteiger partial charge >= 0.3 is 0 Å². The fourth-order valence-electron chi connectivity index (χ4n) is 5.71. The van der Waals surface area contributed by atoms with E-state index in [1.807, 2.05) is 6.92 Å². The number of rotatable bonds is 12. The van der Waals surface area contributed by atoms with Crippen LogP contribution >= 0.6 is 0 Å². The van der Waals surface area contributed by atoms with E-state index in [2.05, 4.69) is 46.6 Å². The van der Waals surface area contributed by atoms with Crippen LogP contribution in [0.3, 0.4) is 0 Å². The number of benzene rings is 2. The highest BCUT2D eigenvalue weighted by Gasteiger charge is 2.45. The minimum atomic E-state index is -0.325. The summed E-state index contributed by atoms with van der Waals surface area (Å²) < 4.78 is 35.8. The highest BCUT2D eigenvalue weighted by Crippen LogP contribution is 2.38. The summed E-state index contributed by atoms with van der Waals surface area (Å²) in [5.41, 5.74) is 5.72. The molecule has 0 unspecified atom stereocenters. The molecule has 2 atom stereocenters. The van der Waals surface area contributed by atoms with Crippen molar-refractivity contribution in [2.75, 3.05) is 71.2 Å². The number of nitrogens with one attached hydrogen (secondary N) is 1. The van der Waals surface area contributed by atoms with Gasteiger partial charge in [-0.25, -0.2) is 0 Å². The van der Waals surface area contributed by atoms with Gasteiger partial charge in [-0.05, 0) is 54.3 Å². The molecule has 3 heterocycles. The first-order chi connectivity index (χ1) is 18.7. The number of methoxy groups -OCH3 is 1. The van der Waals surface area contributed by atoms with E-state index in [1.54, 1.807) is 7.11 Å². The summed E-state index contributed by atoms with van der Waals surface area (Å²) in [6.45, 7) is 10.5. The molecule has 1 fully saturated rings. The molecule has 8 heteroatoms. The minimum absolute atomic E-state index is 0.0364. The van der Waals surface area contributed by atoms with Gasteiger partial charge in [0.1, 0.15) is 18.0 Å². The Bertz CT molecular complexity index is 1050. The molecule has 3 aliphatic heterocycles. The van der Waals surface area contributed by atoms with Crippen LogP contribution in [-0.4, -0.2) is 78.0 Å². The molecule has 208 valence electrons. The Balaban J connectivity index is 1.23. The molecule has 1 saturated heterocycles. The largest absolute Gasteiger partial charge is 0.490 e. The lowest BCUT2D eigenvalue weighted by Crippen LogP contribution is -2.59. The molecule has 0 bridgehead atoms. The van der Waals surface area contributed by atoms with Gasteiger partial charge in [0.25, 0.3) is 0 Å². The molecule has 0 aliphatic carbocycles. The average Bonchev–Trinajstić information content (AvgIpc) is 2.95. The van der Waals surface area contributed by atoms with Crippen molar-refractivity contribution in [3.63, 3.8) is 0 Å². The van der Waals surface area contributed by atoms with Crippen LogP contribution in [0.4, 0.5) is 5.69 Å². The van der Waals surface area contributed by atoms with E-state index in [-0.39, 0.29) is 11.7 Å². The lowest BCUT2D eigenvalue weighted by molar-refractivity contribution is -0.175. The Hall–Kier alpha value is -2.20. The summed E-state index contributed by atoms with van der Waals surface area (Å²) in [6, 6.07) is 12.9. The van der Waals surface area contributed by atoms with Gasteiger partial charge in [-0.1, -0.05) is 24.3 Å². The van der Waals surface area contributed by atoms with Crippen molar-refractivity contribution in [3.05, 3.63) is 58.7 Å². The second-order valence-corrected chi connectivity index (χ2v) is 10.2. The van der Waals surface area contributed by atoms with Crippen LogP contribution in [0.15, 0.2) is 36.4 Å². The summed E-state index contributed by atoms with van der Waals surface area (Å²) in [5, 5.41) is 3.52. The normalized spacial score (nSPS) is 22.7. The molecular weight excluding hydrogens is 484 g/mol. The van der Waals surface area contributed by atoms with E-state index < -0.39 is 0 Å². The predicted molar refractivity (Wildman–Crippen MR) is 146 cm³/mol. The average molecular weight is 527 g/mol. The number of nitrogens with zero attached hydrogens (tertiary/aromatic N) is 1. The molecule has 0 saturated carbocycles. The van der Waals surface area contributed by atoms with E-state index in [0.29, 0.717) is 52.9 Å². The number of fused-ring (bicyclic) bond motifs is 2. The zero-order valence-electron chi connectivity index (χ0n) is 22.8. The topological polar surface area (TPSA) is 70.7 Å². The van der Waals surface area contributed by atoms with Gasteiger partial charge in [-0.2, -0.15) is 0 Å². The van der Waals surface area contributed by atoms with E-state index in [1.165, 1.54) is 16.7 Å². The van der Waals surface area contributed by atoms with E-state index >= 15 is 0 Å². The zero-order valence-corrected chi connectivity index (χ0v) is 22.8. The SMILES string of the molecule is CCOCCOCc1cccc2c1CO[C@@]1(CCNC[C@@H]1OCc1ccc3c(c1)OCCN3CCOC)C2. The highest BCUT2D eigenvalue weighted by molar-refractivity contribution is 5.61. The third kappa shape index (κ3) is 6.33. The van der Waals surface area contributed by atoms with Crippen LogP contribution in [-0.2, 0) is 49.9 Å². The second-order valence-electron chi connectivity index (χ2n) is 10.2. The Morgan fingerprint density at radius 2 is 2.03 bits per heavy atom. The molecule has 5 rings (SSSR count). The number of anilines is 1. The fourth-order valence-corrected chi connectivity index (χ4v) is 5.71. The fraction of sp³-hybridized carbons (Fsp3) is 0.600. The van der Waals surface area contributed by atoms with Crippen molar-refractivity contribution in [3.8, 4) is 5.75 Å². The number of ether oxygens (including phenoxy) is 6. The van der Waals surface area contributed by atoms with Gasteiger partial charge in [0.05, 0.1) is 58.0 Å². The molecule has 2 aromatic rings.